The van der Waals surface area contributed by atoms with Crippen molar-refractivity contribution in [1.82, 2.24) is 15.5 Å². The van der Waals surface area contributed by atoms with E-state index in [-0.39, 0.29) is 11.9 Å². The maximum absolute atomic E-state index is 12.2. The Morgan fingerprint density at radius 2 is 2.30 bits per heavy atom. The molecule has 20 heavy (non-hydrogen) atoms. The molecule has 1 unspecified atom stereocenters. The van der Waals surface area contributed by atoms with Gasteiger partial charge < -0.3 is 11.1 Å². The minimum absolute atomic E-state index is 0.116. The van der Waals surface area contributed by atoms with Crippen LogP contribution < -0.4 is 11.1 Å². The summed E-state index contributed by atoms with van der Waals surface area (Å²) in [6.45, 7) is 4.19. The number of anilines is 1. The lowest BCUT2D eigenvalue weighted by atomic mass is 10.1. The van der Waals surface area contributed by atoms with Gasteiger partial charge in [-0.2, -0.15) is 5.10 Å². The zero-order chi connectivity index (χ0) is 14.5. The zero-order valence-electron chi connectivity index (χ0n) is 11.8. The van der Waals surface area contributed by atoms with Crippen molar-refractivity contribution >= 4 is 33.1 Å². The minimum Gasteiger partial charge on any atom is -0.397 e. The summed E-state index contributed by atoms with van der Waals surface area (Å²) >= 11 is 1.29. The van der Waals surface area contributed by atoms with Crippen LogP contribution in [0.2, 0.25) is 0 Å². The first-order valence-electron chi connectivity index (χ1n) is 6.94. The second kappa shape index (κ2) is 6.65. The number of amides is 1. The summed E-state index contributed by atoms with van der Waals surface area (Å²) in [7, 11) is 0. The Bertz CT molecular complexity index is 596. The van der Waals surface area contributed by atoms with Crippen molar-refractivity contribution in [1.29, 1.82) is 0 Å². The van der Waals surface area contributed by atoms with E-state index < -0.39 is 0 Å². The molecule has 0 spiro atoms. The largest absolute Gasteiger partial charge is 0.397 e. The highest BCUT2D eigenvalue weighted by molar-refractivity contribution is 7.21. The van der Waals surface area contributed by atoms with Crippen LogP contribution in [0.25, 0.3) is 10.2 Å². The van der Waals surface area contributed by atoms with Crippen molar-refractivity contribution in [2.24, 2.45) is 0 Å². The molecule has 0 aliphatic rings. The van der Waals surface area contributed by atoms with Gasteiger partial charge >= 0.3 is 0 Å². The Hall–Kier alpha value is -1.69. The molecule has 0 fully saturated rings. The van der Waals surface area contributed by atoms with Gasteiger partial charge in [0, 0.05) is 11.4 Å². The number of nitrogens with one attached hydrogen (secondary N) is 1. The molecule has 0 aromatic carbocycles. The van der Waals surface area contributed by atoms with Gasteiger partial charge in [-0.05, 0) is 19.4 Å². The molecule has 0 aliphatic heterocycles. The van der Waals surface area contributed by atoms with Crippen molar-refractivity contribution < 1.29 is 4.79 Å². The summed E-state index contributed by atoms with van der Waals surface area (Å²) in [5.74, 6) is -0.116. The van der Waals surface area contributed by atoms with E-state index in [1.165, 1.54) is 24.2 Å². The van der Waals surface area contributed by atoms with Crippen LogP contribution in [0, 0.1) is 0 Å². The predicted octanol–water partition coefficient (Wildman–Crippen LogP) is 2.97. The lowest BCUT2D eigenvalue weighted by Crippen LogP contribution is -2.32. The second-order valence-corrected chi connectivity index (χ2v) is 5.96. The Morgan fingerprint density at radius 3 is 3.00 bits per heavy atom. The molecule has 2 aromatic heterocycles. The number of unbranched alkanes of at least 4 members (excludes halogenated alkanes) is 2. The first kappa shape index (κ1) is 14.7. The van der Waals surface area contributed by atoms with Gasteiger partial charge in [0.1, 0.15) is 9.71 Å². The van der Waals surface area contributed by atoms with Crippen LogP contribution in [-0.4, -0.2) is 22.1 Å². The number of aromatic nitrogens is 2. The number of hydrogen-bond acceptors (Lipinski definition) is 5. The highest BCUT2D eigenvalue weighted by Gasteiger charge is 2.18. The number of nitrogens with two attached hydrogens (primary N) is 1. The Kier molecular flexibility index (Phi) is 4.89. The zero-order valence-corrected chi connectivity index (χ0v) is 12.7. The topological polar surface area (TPSA) is 80.9 Å². The third-order valence-electron chi connectivity index (χ3n) is 3.24. The molecule has 2 rings (SSSR count). The normalized spacial score (nSPS) is 12.5. The second-order valence-electron chi connectivity index (χ2n) is 4.97. The van der Waals surface area contributed by atoms with Crippen molar-refractivity contribution in [3.63, 3.8) is 0 Å². The molecule has 0 aliphatic carbocycles. The molecule has 0 radical (unpaired) electrons. The molecule has 0 saturated carbocycles. The molecular weight excluding hydrogens is 272 g/mol. The van der Waals surface area contributed by atoms with E-state index in [1.807, 2.05) is 6.92 Å². The van der Waals surface area contributed by atoms with E-state index in [9.17, 15) is 4.79 Å². The van der Waals surface area contributed by atoms with Gasteiger partial charge in [-0.3, -0.25) is 4.79 Å². The molecule has 6 heteroatoms. The van der Waals surface area contributed by atoms with Crippen LogP contribution in [0.15, 0.2) is 12.3 Å². The van der Waals surface area contributed by atoms with E-state index in [2.05, 4.69) is 22.4 Å². The Balaban J connectivity index is 2.06. The van der Waals surface area contributed by atoms with Gasteiger partial charge in [0.25, 0.3) is 5.91 Å². The van der Waals surface area contributed by atoms with E-state index >= 15 is 0 Å². The van der Waals surface area contributed by atoms with Crippen molar-refractivity contribution in [2.45, 2.75) is 45.6 Å². The highest BCUT2D eigenvalue weighted by Crippen LogP contribution is 2.31. The van der Waals surface area contributed by atoms with E-state index in [4.69, 9.17) is 5.73 Å². The van der Waals surface area contributed by atoms with Crippen LogP contribution in [0.5, 0.6) is 0 Å². The number of fused-ring (bicyclic) bond motifs is 1. The fraction of sp³-hybridized carbons (Fsp3) is 0.500. The lowest BCUT2D eigenvalue weighted by Gasteiger charge is -2.13. The lowest BCUT2D eigenvalue weighted by molar-refractivity contribution is 0.0943. The van der Waals surface area contributed by atoms with Gasteiger partial charge in [0.2, 0.25) is 0 Å². The fourth-order valence-corrected chi connectivity index (χ4v) is 3.04. The molecule has 3 N–H and O–H groups in total. The minimum atomic E-state index is -0.116. The summed E-state index contributed by atoms with van der Waals surface area (Å²) in [6, 6.07) is 1.94. The summed E-state index contributed by atoms with van der Waals surface area (Å²) in [6.07, 6.45) is 6.08. The third-order valence-corrected chi connectivity index (χ3v) is 4.35. The SMILES string of the molecule is CCCCCC(C)NC(=O)c1sc2nnccc2c1N. The quantitative estimate of drug-likeness (QED) is 0.802. The first-order valence-corrected chi connectivity index (χ1v) is 7.75. The average molecular weight is 292 g/mol. The molecule has 108 valence electrons. The van der Waals surface area contributed by atoms with Crippen molar-refractivity contribution in [2.75, 3.05) is 5.73 Å². The molecule has 5 nitrogen and oxygen atoms in total. The highest BCUT2D eigenvalue weighted by atomic mass is 32.1. The Morgan fingerprint density at radius 1 is 1.50 bits per heavy atom. The first-order chi connectivity index (χ1) is 9.63. The van der Waals surface area contributed by atoms with E-state index in [1.54, 1.807) is 12.3 Å². The molecule has 0 bridgehead atoms. The molecule has 2 heterocycles. The summed E-state index contributed by atoms with van der Waals surface area (Å²) < 4.78 is 0. The number of thiophene rings is 1. The molecular formula is C14H20N4OS. The van der Waals surface area contributed by atoms with Crippen molar-refractivity contribution in [3.05, 3.63) is 17.1 Å². The number of nitrogens with zero attached hydrogens (tertiary/aromatic N) is 2. The number of carbonyl (C=O) groups is 1. The smallest absolute Gasteiger partial charge is 0.263 e. The average Bonchev–Trinajstić information content (AvgIpc) is 2.77. The molecule has 1 atom stereocenters. The van der Waals surface area contributed by atoms with Gasteiger partial charge in [-0.15, -0.1) is 16.4 Å². The Labute approximate surface area is 122 Å². The molecule has 0 saturated heterocycles. The van der Waals surface area contributed by atoms with Crippen LogP contribution in [0.3, 0.4) is 0 Å². The molecule has 1 amide bonds. The predicted molar refractivity (Wildman–Crippen MR) is 82.9 cm³/mol. The van der Waals surface area contributed by atoms with Gasteiger partial charge in [0.15, 0.2) is 0 Å². The van der Waals surface area contributed by atoms with Crippen LogP contribution in [0.1, 0.15) is 49.2 Å². The standard InChI is InChI=1S/C14H20N4OS/c1-3-4-5-6-9(2)17-13(19)12-11(15)10-7-8-16-18-14(10)20-12/h7-9H,3-6,15H2,1-2H3,(H,17,19). The van der Waals surface area contributed by atoms with Crippen molar-refractivity contribution in [3.8, 4) is 0 Å². The van der Waals surface area contributed by atoms with Gasteiger partial charge in [-0.25, -0.2) is 0 Å². The van der Waals surface area contributed by atoms with Gasteiger partial charge in [-0.1, -0.05) is 26.2 Å². The number of carbonyl (C=O) groups excluding carboxylic acids is 1. The van der Waals surface area contributed by atoms with E-state index in [0.29, 0.717) is 15.4 Å². The number of nitrogen functional groups attached to an aromatic ring is 1. The number of rotatable bonds is 6. The van der Waals surface area contributed by atoms with Gasteiger partial charge in [0.05, 0.1) is 11.9 Å². The maximum Gasteiger partial charge on any atom is 0.263 e. The summed E-state index contributed by atoms with van der Waals surface area (Å²) in [4.78, 5) is 13.5. The van der Waals surface area contributed by atoms with Crippen LogP contribution >= 0.6 is 11.3 Å². The summed E-state index contributed by atoms with van der Waals surface area (Å²) in [5, 5.41) is 11.6. The maximum atomic E-state index is 12.2. The third kappa shape index (κ3) is 3.25. The van der Waals surface area contributed by atoms with E-state index in [0.717, 1.165) is 18.2 Å². The summed E-state index contributed by atoms with van der Waals surface area (Å²) in [5.41, 5.74) is 6.52. The fourth-order valence-electron chi connectivity index (χ4n) is 2.10. The van der Waals surface area contributed by atoms with Crippen LogP contribution in [0.4, 0.5) is 5.69 Å². The van der Waals surface area contributed by atoms with Crippen LogP contribution in [-0.2, 0) is 0 Å². The number of hydrogen-bond donors (Lipinski definition) is 2. The monoisotopic (exact) mass is 292 g/mol. The molecule has 2 aromatic rings.